The third kappa shape index (κ3) is 12.9. The van der Waals surface area contributed by atoms with Gasteiger partial charge in [0, 0.05) is 78.5 Å². The highest BCUT2D eigenvalue weighted by Crippen LogP contribution is 2.11. The summed E-state index contributed by atoms with van der Waals surface area (Å²) in [5, 5.41) is 40.2. The van der Waals surface area contributed by atoms with E-state index in [9.17, 15) is 10.2 Å². The first-order valence-corrected chi connectivity index (χ1v) is 10.1. The van der Waals surface area contributed by atoms with E-state index in [0.29, 0.717) is 6.54 Å². The zero-order valence-corrected chi connectivity index (χ0v) is 16.5. The Morgan fingerprint density at radius 1 is 0.654 bits per heavy atom. The maximum Gasteiger partial charge on any atom is 0.0916 e. The topological polar surface area (TPSA) is 122 Å². The van der Waals surface area contributed by atoms with Gasteiger partial charge in [-0.15, -0.1) is 0 Å². The van der Waals surface area contributed by atoms with Gasteiger partial charge in [0.25, 0.3) is 0 Å². The maximum absolute atomic E-state index is 9.32. The molecule has 0 fully saturated rings. The van der Waals surface area contributed by atoms with Gasteiger partial charge in [-0.1, -0.05) is 0 Å². The molecule has 0 aliphatic carbocycles. The Kier molecular flexibility index (Phi) is 17.8. The predicted octanol–water partition coefficient (Wildman–Crippen LogP) is -1.82. The number of quaternary nitrogens is 1. The van der Waals surface area contributed by atoms with Gasteiger partial charge in [-0.2, -0.15) is 0 Å². The molecule has 8 nitrogen and oxygen atoms in total. The van der Waals surface area contributed by atoms with Crippen molar-refractivity contribution in [1.29, 1.82) is 0 Å². The van der Waals surface area contributed by atoms with Crippen LogP contribution >= 0.6 is 0 Å². The molecular formula is C18H43N4O4+. The Balaban J connectivity index is 4.85. The number of aliphatic hydroxyl groups excluding tert-OH is 4. The Hall–Kier alpha value is -0.320. The molecule has 26 heavy (non-hydrogen) atoms. The molecular weight excluding hydrogens is 336 g/mol. The number of hydrogen-bond donors (Lipinski definition) is 6. The zero-order valence-electron chi connectivity index (χ0n) is 16.5. The van der Waals surface area contributed by atoms with Gasteiger partial charge in [-0.05, 0) is 12.8 Å². The van der Waals surface area contributed by atoms with E-state index in [1.165, 1.54) is 0 Å². The molecule has 0 rings (SSSR count). The minimum Gasteiger partial charge on any atom is -0.396 e. The third-order valence-corrected chi connectivity index (χ3v) is 4.82. The summed E-state index contributed by atoms with van der Waals surface area (Å²) in [7, 11) is 0. The summed E-state index contributed by atoms with van der Waals surface area (Å²) >= 11 is 0. The Labute approximate surface area is 159 Å². The van der Waals surface area contributed by atoms with Crippen LogP contribution in [0.1, 0.15) is 25.7 Å². The number of nitrogens with two attached hydrogens (primary N) is 1. The largest absolute Gasteiger partial charge is 0.396 e. The van der Waals surface area contributed by atoms with Crippen LogP contribution < -0.4 is 11.1 Å². The minimum atomic E-state index is 0.174. The SMILES string of the molecule is NCCNCC[N+](CCCO)(CCCO)CCN(CCCO)CCCO. The second kappa shape index (κ2) is 18.1. The molecule has 0 aliphatic heterocycles. The van der Waals surface area contributed by atoms with Crippen molar-refractivity contribution >= 4 is 0 Å². The first-order chi connectivity index (χ1) is 12.7. The monoisotopic (exact) mass is 379 g/mol. The van der Waals surface area contributed by atoms with E-state index in [-0.39, 0.29) is 26.4 Å². The van der Waals surface area contributed by atoms with Crippen molar-refractivity contribution in [3.63, 3.8) is 0 Å². The average Bonchev–Trinajstić information content (AvgIpc) is 2.67. The number of aliphatic hydroxyl groups is 4. The second-order valence-corrected chi connectivity index (χ2v) is 6.93. The highest BCUT2D eigenvalue weighted by molar-refractivity contribution is 4.60. The number of nitrogens with zero attached hydrogens (tertiary/aromatic N) is 2. The van der Waals surface area contributed by atoms with E-state index >= 15 is 0 Å². The molecule has 8 heteroatoms. The molecule has 0 saturated heterocycles. The van der Waals surface area contributed by atoms with E-state index in [0.717, 1.165) is 89.1 Å². The zero-order chi connectivity index (χ0) is 19.5. The van der Waals surface area contributed by atoms with E-state index in [4.69, 9.17) is 15.9 Å². The van der Waals surface area contributed by atoms with Gasteiger partial charge in [0.15, 0.2) is 0 Å². The van der Waals surface area contributed by atoms with E-state index in [1.54, 1.807) is 0 Å². The van der Waals surface area contributed by atoms with Crippen molar-refractivity contribution in [3.05, 3.63) is 0 Å². The van der Waals surface area contributed by atoms with Crippen LogP contribution in [0.4, 0.5) is 0 Å². The smallest absolute Gasteiger partial charge is 0.0916 e. The van der Waals surface area contributed by atoms with Crippen molar-refractivity contribution in [2.45, 2.75) is 25.7 Å². The molecule has 0 aromatic rings. The highest BCUT2D eigenvalue weighted by atomic mass is 16.3. The fraction of sp³-hybridized carbons (Fsp3) is 1.00. The van der Waals surface area contributed by atoms with Crippen LogP contribution in [-0.4, -0.2) is 122 Å². The van der Waals surface area contributed by atoms with Gasteiger partial charge in [0.05, 0.1) is 26.2 Å². The standard InChI is InChI=1S/C18H43N4O4/c19-5-6-20-7-13-22(11-3-17-25,12-4-18-26)14-10-21(8-1-15-23)9-2-16-24/h20,23-26H,1-19H2/q+1. The molecule has 0 saturated carbocycles. The third-order valence-electron chi connectivity index (χ3n) is 4.82. The summed E-state index contributed by atoms with van der Waals surface area (Å²) in [6.07, 6.45) is 2.96. The lowest BCUT2D eigenvalue weighted by atomic mass is 10.2. The molecule has 0 heterocycles. The van der Waals surface area contributed by atoms with Gasteiger partial charge in [-0.25, -0.2) is 0 Å². The number of hydrogen-bond acceptors (Lipinski definition) is 7. The maximum atomic E-state index is 9.32. The van der Waals surface area contributed by atoms with Gasteiger partial charge in [0.2, 0.25) is 0 Å². The lowest BCUT2D eigenvalue weighted by Gasteiger charge is -2.40. The van der Waals surface area contributed by atoms with Gasteiger partial charge >= 0.3 is 0 Å². The van der Waals surface area contributed by atoms with Gasteiger partial charge < -0.3 is 36.0 Å². The molecule has 0 aromatic heterocycles. The van der Waals surface area contributed by atoms with Crippen molar-refractivity contribution < 1.29 is 24.9 Å². The summed E-state index contributed by atoms with van der Waals surface area (Å²) in [5.41, 5.74) is 5.55. The molecule has 158 valence electrons. The fourth-order valence-corrected chi connectivity index (χ4v) is 3.30. The molecule has 0 aliphatic rings. The van der Waals surface area contributed by atoms with E-state index in [2.05, 4.69) is 10.2 Å². The molecule has 7 N–H and O–H groups in total. The second-order valence-electron chi connectivity index (χ2n) is 6.93. The van der Waals surface area contributed by atoms with Crippen molar-refractivity contribution in [2.24, 2.45) is 5.73 Å². The number of rotatable bonds is 20. The first-order valence-electron chi connectivity index (χ1n) is 10.1. The van der Waals surface area contributed by atoms with Crippen LogP contribution in [0.2, 0.25) is 0 Å². The van der Waals surface area contributed by atoms with Crippen LogP contribution in [0.5, 0.6) is 0 Å². The Morgan fingerprint density at radius 3 is 1.65 bits per heavy atom. The Bertz CT molecular complexity index is 282. The van der Waals surface area contributed by atoms with Crippen molar-refractivity contribution in [2.75, 3.05) is 91.9 Å². The summed E-state index contributed by atoms with van der Waals surface area (Å²) < 4.78 is 0.855. The predicted molar refractivity (Wildman–Crippen MR) is 105 cm³/mol. The van der Waals surface area contributed by atoms with Crippen LogP contribution in [0.15, 0.2) is 0 Å². The fourth-order valence-electron chi connectivity index (χ4n) is 3.30. The minimum absolute atomic E-state index is 0.174. The Morgan fingerprint density at radius 2 is 1.19 bits per heavy atom. The molecule has 0 amide bonds. The van der Waals surface area contributed by atoms with Crippen LogP contribution in [0, 0.1) is 0 Å². The summed E-state index contributed by atoms with van der Waals surface area (Å²) in [6, 6.07) is 0. The summed E-state index contributed by atoms with van der Waals surface area (Å²) in [6.45, 7) is 9.13. The quantitative estimate of drug-likeness (QED) is 0.109. The lowest BCUT2D eigenvalue weighted by Crippen LogP contribution is -2.56. The molecule has 0 unspecified atom stereocenters. The van der Waals surface area contributed by atoms with Gasteiger partial charge in [0.1, 0.15) is 0 Å². The lowest BCUT2D eigenvalue weighted by molar-refractivity contribution is -0.927. The average molecular weight is 380 g/mol. The molecule has 0 radical (unpaired) electrons. The molecule has 0 aromatic carbocycles. The van der Waals surface area contributed by atoms with E-state index < -0.39 is 0 Å². The number of nitrogens with one attached hydrogen (secondary N) is 1. The van der Waals surface area contributed by atoms with Crippen LogP contribution in [0.3, 0.4) is 0 Å². The van der Waals surface area contributed by atoms with Crippen molar-refractivity contribution in [1.82, 2.24) is 10.2 Å². The normalized spacial score (nSPS) is 12.2. The summed E-state index contributed by atoms with van der Waals surface area (Å²) in [5.74, 6) is 0. The van der Waals surface area contributed by atoms with Crippen LogP contribution in [-0.2, 0) is 0 Å². The molecule has 0 atom stereocenters. The van der Waals surface area contributed by atoms with Crippen molar-refractivity contribution in [3.8, 4) is 0 Å². The molecule has 0 bridgehead atoms. The van der Waals surface area contributed by atoms with E-state index in [1.807, 2.05) is 0 Å². The molecule has 0 spiro atoms. The highest BCUT2D eigenvalue weighted by Gasteiger charge is 2.27. The summed E-state index contributed by atoms with van der Waals surface area (Å²) in [4.78, 5) is 2.30. The first kappa shape index (κ1) is 25.7. The van der Waals surface area contributed by atoms with Crippen LogP contribution in [0.25, 0.3) is 0 Å². The van der Waals surface area contributed by atoms with Gasteiger partial charge in [-0.3, -0.25) is 4.90 Å².